The fourth-order valence-electron chi connectivity index (χ4n) is 1.92. The van der Waals surface area contributed by atoms with E-state index in [2.05, 4.69) is 30.2 Å². The summed E-state index contributed by atoms with van der Waals surface area (Å²) in [7, 11) is 2.18. The van der Waals surface area contributed by atoms with Crippen molar-refractivity contribution < 1.29 is 4.74 Å². The first-order valence-corrected chi connectivity index (χ1v) is 5.02. The molecule has 1 heterocycles. The van der Waals surface area contributed by atoms with Crippen LogP contribution in [-0.2, 0) is 4.74 Å². The summed E-state index contributed by atoms with van der Waals surface area (Å²) in [5, 5.41) is 0. The van der Waals surface area contributed by atoms with E-state index in [9.17, 15) is 0 Å². The summed E-state index contributed by atoms with van der Waals surface area (Å²) >= 11 is 0. The summed E-state index contributed by atoms with van der Waals surface area (Å²) in [6, 6.07) is 0.491. The maximum Gasteiger partial charge on any atom is 0.0664 e. The molecule has 0 spiro atoms. The lowest BCUT2D eigenvalue weighted by Gasteiger charge is -2.33. The van der Waals surface area contributed by atoms with Gasteiger partial charge >= 0.3 is 0 Å². The summed E-state index contributed by atoms with van der Waals surface area (Å²) in [5.74, 6) is 0. The molecule has 0 bridgehead atoms. The van der Waals surface area contributed by atoms with Gasteiger partial charge in [0.05, 0.1) is 19.3 Å². The third kappa shape index (κ3) is 2.01. The number of hydrogen-bond donors (Lipinski definition) is 0. The molecule has 1 aliphatic heterocycles. The van der Waals surface area contributed by atoms with E-state index < -0.39 is 0 Å². The van der Waals surface area contributed by atoms with Crippen LogP contribution >= 0.6 is 0 Å². The molecule has 13 heavy (non-hydrogen) atoms. The molecule has 2 rings (SSSR count). The van der Waals surface area contributed by atoms with E-state index in [1.165, 1.54) is 18.4 Å². The average molecular weight is 179 g/mol. The van der Waals surface area contributed by atoms with Crippen LogP contribution in [-0.4, -0.2) is 37.7 Å². The summed E-state index contributed by atoms with van der Waals surface area (Å²) in [4.78, 5) is 2.38. The minimum absolute atomic E-state index is 0.491. The van der Waals surface area contributed by atoms with E-state index in [0.29, 0.717) is 6.04 Å². The molecule has 2 nitrogen and oxygen atoms in total. The van der Waals surface area contributed by atoms with Gasteiger partial charge in [-0.1, -0.05) is 18.2 Å². The molecule has 1 aliphatic carbocycles. The first kappa shape index (κ1) is 8.97. The minimum atomic E-state index is 0.491. The Hall–Kier alpha value is -0.600. The zero-order chi connectivity index (χ0) is 9.10. The van der Waals surface area contributed by atoms with Crippen molar-refractivity contribution in [1.29, 1.82) is 0 Å². The standard InChI is InChI=1S/C11H17NO/c1-12-7-8-13-9-11(12)10-5-3-2-4-6-10/h3,5-6,11H,2,4,7-9H2,1H3. The molecule has 0 aromatic rings. The average Bonchev–Trinajstić information content (AvgIpc) is 2.20. The Kier molecular flexibility index (Phi) is 2.81. The maximum absolute atomic E-state index is 5.49. The van der Waals surface area contributed by atoms with Crippen LogP contribution in [0.4, 0.5) is 0 Å². The SMILES string of the molecule is CN1CCOCC1C1=CCCC=C1. The Morgan fingerprint density at radius 1 is 1.46 bits per heavy atom. The summed E-state index contributed by atoms with van der Waals surface area (Å²) in [6.07, 6.45) is 9.24. The Balaban J connectivity index is 2.05. The Labute approximate surface area is 79.9 Å². The van der Waals surface area contributed by atoms with E-state index in [-0.39, 0.29) is 0 Å². The second-order valence-electron chi connectivity index (χ2n) is 3.76. The van der Waals surface area contributed by atoms with E-state index in [0.717, 1.165) is 19.8 Å². The molecule has 1 saturated heterocycles. The van der Waals surface area contributed by atoms with Gasteiger partial charge in [0.2, 0.25) is 0 Å². The van der Waals surface area contributed by atoms with Gasteiger partial charge in [-0.05, 0) is 25.5 Å². The predicted octanol–water partition coefficient (Wildman–Crippen LogP) is 1.59. The summed E-state index contributed by atoms with van der Waals surface area (Å²) in [5.41, 5.74) is 1.44. The van der Waals surface area contributed by atoms with Crippen molar-refractivity contribution in [2.24, 2.45) is 0 Å². The highest BCUT2D eigenvalue weighted by Gasteiger charge is 2.22. The zero-order valence-electron chi connectivity index (χ0n) is 8.20. The van der Waals surface area contributed by atoms with Gasteiger partial charge in [0.15, 0.2) is 0 Å². The van der Waals surface area contributed by atoms with Gasteiger partial charge in [-0.2, -0.15) is 0 Å². The van der Waals surface area contributed by atoms with Crippen LogP contribution in [0.2, 0.25) is 0 Å². The third-order valence-corrected chi connectivity index (χ3v) is 2.80. The van der Waals surface area contributed by atoms with Crippen molar-refractivity contribution in [3.63, 3.8) is 0 Å². The van der Waals surface area contributed by atoms with Gasteiger partial charge in [-0.25, -0.2) is 0 Å². The number of morpholine rings is 1. The smallest absolute Gasteiger partial charge is 0.0664 e. The molecular weight excluding hydrogens is 162 g/mol. The maximum atomic E-state index is 5.49. The highest BCUT2D eigenvalue weighted by atomic mass is 16.5. The molecule has 0 aromatic heterocycles. The molecule has 72 valence electrons. The van der Waals surface area contributed by atoms with Crippen LogP contribution in [0.3, 0.4) is 0 Å². The molecule has 1 atom stereocenters. The molecule has 0 N–H and O–H groups in total. The molecule has 2 heteroatoms. The summed E-state index contributed by atoms with van der Waals surface area (Å²) in [6.45, 7) is 2.78. The van der Waals surface area contributed by atoms with Crippen molar-refractivity contribution in [3.05, 3.63) is 23.8 Å². The molecular formula is C11H17NO. The Bertz CT molecular complexity index is 232. The van der Waals surface area contributed by atoms with Crippen molar-refractivity contribution in [1.82, 2.24) is 4.90 Å². The van der Waals surface area contributed by atoms with E-state index in [1.807, 2.05) is 0 Å². The van der Waals surface area contributed by atoms with Gasteiger partial charge in [-0.3, -0.25) is 4.90 Å². The largest absolute Gasteiger partial charge is 0.378 e. The lowest BCUT2D eigenvalue weighted by molar-refractivity contribution is 0.0203. The molecule has 0 saturated carbocycles. The number of likely N-dealkylation sites (N-methyl/N-ethyl adjacent to an activating group) is 1. The highest BCUT2D eigenvalue weighted by Crippen LogP contribution is 2.19. The third-order valence-electron chi connectivity index (χ3n) is 2.80. The first-order chi connectivity index (χ1) is 6.38. The normalized spacial score (nSPS) is 30.2. The van der Waals surface area contributed by atoms with Gasteiger partial charge in [-0.15, -0.1) is 0 Å². The van der Waals surface area contributed by atoms with Gasteiger partial charge in [0.25, 0.3) is 0 Å². The van der Waals surface area contributed by atoms with E-state index in [4.69, 9.17) is 4.74 Å². The van der Waals surface area contributed by atoms with Crippen LogP contribution in [0.15, 0.2) is 23.8 Å². The predicted molar refractivity (Wildman–Crippen MR) is 53.7 cm³/mol. The number of rotatable bonds is 1. The fraction of sp³-hybridized carbons (Fsp3) is 0.636. The molecule has 0 amide bonds. The van der Waals surface area contributed by atoms with Crippen molar-refractivity contribution >= 4 is 0 Å². The lowest BCUT2D eigenvalue weighted by atomic mass is 9.99. The Morgan fingerprint density at radius 3 is 3.08 bits per heavy atom. The van der Waals surface area contributed by atoms with Gasteiger partial charge < -0.3 is 4.74 Å². The van der Waals surface area contributed by atoms with Crippen LogP contribution < -0.4 is 0 Å². The monoisotopic (exact) mass is 179 g/mol. The van der Waals surface area contributed by atoms with Gasteiger partial charge in [0, 0.05) is 6.54 Å². The lowest BCUT2D eigenvalue weighted by Crippen LogP contribution is -2.43. The van der Waals surface area contributed by atoms with Gasteiger partial charge in [0.1, 0.15) is 0 Å². The quantitative estimate of drug-likeness (QED) is 0.606. The number of hydrogen-bond acceptors (Lipinski definition) is 2. The zero-order valence-corrected chi connectivity index (χ0v) is 8.20. The van der Waals surface area contributed by atoms with Crippen molar-refractivity contribution in [2.45, 2.75) is 18.9 Å². The molecule has 0 aromatic carbocycles. The molecule has 1 unspecified atom stereocenters. The molecule has 0 radical (unpaired) electrons. The minimum Gasteiger partial charge on any atom is -0.378 e. The second-order valence-corrected chi connectivity index (χ2v) is 3.76. The molecule has 1 fully saturated rings. The topological polar surface area (TPSA) is 12.5 Å². The van der Waals surface area contributed by atoms with E-state index in [1.54, 1.807) is 0 Å². The van der Waals surface area contributed by atoms with E-state index >= 15 is 0 Å². The fourth-order valence-corrected chi connectivity index (χ4v) is 1.92. The first-order valence-electron chi connectivity index (χ1n) is 5.02. The van der Waals surface area contributed by atoms with Crippen LogP contribution in [0, 0.1) is 0 Å². The number of ether oxygens (including phenoxy) is 1. The molecule has 2 aliphatic rings. The number of nitrogens with zero attached hydrogens (tertiary/aromatic N) is 1. The van der Waals surface area contributed by atoms with Crippen molar-refractivity contribution in [2.75, 3.05) is 26.8 Å². The highest BCUT2D eigenvalue weighted by molar-refractivity contribution is 5.28. The summed E-state index contributed by atoms with van der Waals surface area (Å²) < 4.78 is 5.49. The van der Waals surface area contributed by atoms with Crippen LogP contribution in [0.5, 0.6) is 0 Å². The van der Waals surface area contributed by atoms with Crippen LogP contribution in [0.1, 0.15) is 12.8 Å². The second kappa shape index (κ2) is 4.07. The van der Waals surface area contributed by atoms with Crippen molar-refractivity contribution in [3.8, 4) is 0 Å². The van der Waals surface area contributed by atoms with Crippen LogP contribution in [0.25, 0.3) is 0 Å². The number of allylic oxidation sites excluding steroid dienone is 2. The Morgan fingerprint density at radius 2 is 2.38 bits per heavy atom.